The van der Waals surface area contributed by atoms with Crippen molar-refractivity contribution in [3.05, 3.63) is 0 Å². The summed E-state index contributed by atoms with van der Waals surface area (Å²) < 4.78 is 0. The van der Waals surface area contributed by atoms with Gasteiger partial charge in [0.1, 0.15) is 0 Å². The second-order valence-electron chi connectivity index (χ2n) is 0.598. The number of carboxylic acid groups (broad SMARTS) is 1. The van der Waals surface area contributed by atoms with Gasteiger partial charge >= 0.3 is 86.9 Å². The molecule has 0 aromatic rings. The average molecular weight is 139 g/mol. The molecule has 0 amide bonds. The summed E-state index contributed by atoms with van der Waals surface area (Å²) >= 11 is 0. The molecule has 0 spiro atoms. The predicted molar refractivity (Wildman–Crippen MR) is 18.9 cm³/mol. The zero-order valence-corrected chi connectivity index (χ0v) is 9.76. The van der Waals surface area contributed by atoms with Crippen LogP contribution in [0.1, 0.15) is 2.85 Å². The minimum Gasteiger partial charge on any atom is -1.00 e. The number of aliphatic carboxylic acids is 1. The Bertz CT molecular complexity index is 57.8. The quantitative estimate of drug-likeness (QED) is 0.355. The third-order valence-electron chi connectivity index (χ3n) is 0.175. The molecule has 0 aliphatic carbocycles. The molecule has 0 aliphatic rings. The SMILES string of the molecule is NCC(=O)O.[H-].[H-].[K+].[Na+]. The Morgan fingerprint density at radius 1 is 1.86 bits per heavy atom. The summed E-state index contributed by atoms with van der Waals surface area (Å²) in [6.07, 6.45) is 0. The predicted octanol–water partition coefficient (Wildman–Crippen LogP) is -6.74. The Kier molecular flexibility index (Phi) is 25.1. The van der Waals surface area contributed by atoms with Crippen LogP contribution in [0, 0.1) is 0 Å². The third kappa shape index (κ3) is 18.0. The topological polar surface area (TPSA) is 63.3 Å². The molecule has 0 saturated carbocycles. The van der Waals surface area contributed by atoms with Gasteiger partial charge in [0.05, 0.1) is 6.54 Å². The normalized spacial score (nSPS) is 5.29. The first-order chi connectivity index (χ1) is 2.27. The van der Waals surface area contributed by atoms with E-state index in [4.69, 9.17) is 5.11 Å². The van der Waals surface area contributed by atoms with E-state index in [-0.39, 0.29) is 90.3 Å². The first-order valence-corrected chi connectivity index (χ1v) is 1.19. The number of hydrogen-bond acceptors (Lipinski definition) is 2. The molecular weight excluding hydrogens is 132 g/mol. The van der Waals surface area contributed by atoms with Gasteiger partial charge in [-0.05, 0) is 0 Å². The first-order valence-electron chi connectivity index (χ1n) is 1.19. The summed E-state index contributed by atoms with van der Waals surface area (Å²) in [6, 6.07) is 0. The molecule has 3 N–H and O–H groups in total. The third-order valence-corrected chi connectivity index (χ3v) is 0.175. The average Bonchev–Trinajstić information content (AvgIpc) is 1.38. The summed E-state index contributed by atoms with van der Waals surface area (Å²) in [5.41, 5.74) is 4.57. The Labute approximate surface area is 110 Å². The molecule has 5 heteroatoms. The number of nitrogens with two attached hydrogens (primary N) is 1. The molecule has 3 nitrogen and oxygen atoms in total. The van der Waals surface area contributed by atoms with E-state index in [9.17, 15) is 4.79 Å². The van der Waals surface area contributed by atoms with Crippen LogP contribution in [0.2, 0.25) is 0 Å². The van der Waals surface area contributed by atoms with Gasteiger partial charge in [-0.2, -0.15) is 0 Å². The van der Waals surface area contributed by atoms with E-state index >= 15 is 0 Å². The van der Waals surface area contributed by atoms with E-state index in [1.54, 1.807) is 0 Å². The Morgan fingerprint density at radius 3 is 2.00 bits per heavy atom. The molecule has 0 aromatic heterocycles. The standard InChI is InChI=1S/C2H5NO2.K.Na.2H/c3-1-2(4)5;;;;/h1,3H2,(H,4,5);;;;/q;2*+1;2*-1. The summed E-state index contributed by atoms with van der Waals surface area (Å²) in [5, 5.41) is 7.60. The zero-order chi connectivity index (χ0) is 4.28. The zero-order valence-electron chi connectivity index (χ0n) is 6.64. The molecule has 0 heterocycles. The van der Waals surface area contributed by atoms with Crippen molar-refractivity contribution in [1.82, 2.24) is 0 Å². The van der Waals surface area contributed by atoms with Crippen LogP contribution >= 0.6 is 0 Å². The van der Waals surface area contributed by atoms with Gasteiger partial charge in [-0.15, -0.1) is 0 Å². The van der Waals surface area contributed by atoms with Crippen molar-refractivity contribution in [2.45, 2.75) is 0 Å². The van der Waals surface area contributed by atoms with Gasteiger partial charge in [0.25, 0.3) is 0 Å². The fourth-order valence-corrected chi connectivity index (χ4v) is 0. The maximum atomic E-state index is 9.24. The molecular formula is C2H7KNNaO2. The van der Waals surface area contributed by atoms with Gasteiger partial charge in [0.15, 0.2) is 0 Å². The van der Waals surface area contributed by atoms with Gasteiger partial charge in [-0.1, -0.05) is 0 Å². The molecule has 0 aliphatic heterocycles. The van der Waals surface area contributed by atoms with Crippen molar-refractivity contribution in [3.8, 4) is 0 Å². The molecule has 0 bridgehead atoms. The maximum absolute atomic E-state index is 9.24. The Morgan fingerprint density at radius 2 is 2.00 bits per heavy atom. The summed E-state index contributed by atoms with van der Waals surface area (Å²) in [7, 11) is 0. The number of hydrogen-bond donors (Lipinski definition) is 2. The molecule has 0 radical (unpaired) electrons. The largest absolute Gasteiger partial charge is 1.00 e. The van der Waals surface area contributed by atoms with Crippen LogP contribution in [-0.4, -0.2) is 17.6 Å². The minimum atomic E-state index is -0.968. The monoisotopic (exact) mass is 139 g/mol. The smallest absolute Gasteiger partial charge is 1.00 e. The fourth-order valence-electron chi connectivity index (χ4n) is 0. The first kappa shape index (κ1) is 16.0. The summed E-state index contributed by atoms with van der Waals surface area (Å²) in [5.74, 6) is -0.968. The van der Waals surface area contributed by atoms with Crippen molar-refractivity contribution >= 4 is 5.97 Å². The summed E-state index contributed by atoms with van der Waals surface area (Å²) in [4.78, 5) is 9.24. The molecule has 34 valence electrons. The van der Waals surface area contributed by atoms with Gasteiger partial charge in [0, 0.05) is 0 Å². The minimum absolute atomic E-state index is 0. The van der Waals surface area contributed by atoms with E-state index in [1.165, 1.54) is 0 Å². The van der Waals surface area contributed by atoms with Crippen molar-refractivity contribution in [1.29, 1.82) is 0 Å². The maximum Gasteiger partial charge on any atom is 1.00 e. The van der Waals surface area contributed by atoms with Gasteiger partial charge < -0.3 is 13.7 Å². The van der Waals surface area contributed by atoms with Crippen LogP contribution in [0.15, 0.2) is 0 Å². The van der Waals surface area contributed by atoms with E-state index in [0.717, 1.165) is 0 Å². The van der Waals surface area contributed by atoms with Crippen molar-refractivity contribution in [3.63, 3.8) is 0 Å². The van der Waals surface area contributed by atoms with Crippen LogP contribution in [0.25, 0.3) is 0 Å². The van der Waals surface area contributed by atoms with E-state index in [0.29, 0.717) is 0 Å². The van der Waals surface area contributed by atoms with Crippen molar-refractivity contribution in [2.24, 2.45) is 5.73 Å². The van der Waals surface area contributed by atoms with Crippen LogP contribution in [0.3, 0.4) is 0 Å². The Hall–Kier alpha value is 2.07. The van der Waals surface area contributed by atoms with E-state index < -0.39 is 5.97 Å². The molecule has 0 saturated heterocycles. The van der Waals surface area contributed by atoms with Gasteiger partial charge in [-0.3, -0.25) is 4.79 Å². The van der Waals surface area contributed by atoms with E-state index in [2.05, 4.69) is 5.73 Å². The van der Waals surface area contributed by atoms with E-state index in [1.807, 2.05) is 0 Å². The molecule has 0 aromatic carbocycles. The van der Waals surface area contributed by atoms with Crippen molar-refractivity contribution < 1.29 is 93.7 Å². The number of rotatable bonds is 1. The van der Waals surface area contributed by atoms with Crippen LogP contribution in [-0.2, 0) is 4.79 Å². The summed E-state index contributed by atoms with van der Waals surface area (Å²) in [6.45, 7) is -0.278. The second kappa shape index (κ2) is 10.9. The molecule has 7 heavy (non-hydrogen) atoms. The molecule has 0 unspecified atom stereocenters. The number of carbonyl (C=O) groups is 1. The van der Waals surface area contributed by atoms with Gasteiger partial charge in [-0.25, -0.2) is 0 Å². The van der Waals surface area contributed by atoms with Crippen LogP contribution in [0.5, 0.6) is 0 Å². The molecule has 0 rings (SSSR count). The Balaban J connectivity index is -0.0000000133. The van der Waals surface area contributed by atoms with Crippen LogP contribution in [0.4, 0.5) is 0 Å². The molecule has 0 atom stereocenters. The fraction of sp³-hybridized carbons (Fsp3) is 0.500. The van der Waals surface area contributed by atoms with Crippen LogP contribution < -0.4 is 86.7 Å². The molecule has 0 fully saturated rings. The van der Waals surface area contributed by atoms with Gasteiger partial charge in [0.2, 0.25) is 0 Å². The second-order valence-corrected chi connectivity index (χ2v) is 0.598. The number of carboxylic acids is 1. The van der Waals surface area contributed by atoms with Crippen molar-refractivity contribution in [2.75, 3.05) is 6.54 Å².